The number of halogens is 1. The number of hydrogen-bond acceptors (Lipinski definition) is 8. The summed E-state index contributed by atoms with van der Waals surface area (Å²) in [5, 5.41) is 36.3. The lowest BCUT2D eigenvalue weighted by atomic mass is 9.83. The molecule has 174 valence electrons. The first kappa shape index (κ1) is 22.6. The maximum Gasteiger partial charge on any atom is 0.314 e. The number of hydrogen-bond donors (Lipinski definition) is 2. The van der Waals surface area contributed by atoms with Crippen molar-refractivity contribution in [3.8, 4) is 29.1 Å². The number of phenolic OH excluding ortho intramolecular Hbond substituents is 1. The van der Waals surface area contributed by atoms with E-state index in [1.54, 1.807) is 6.07 Å². The minimum absolute atomic E-state index is 0.0000208. The van der Waals surface area contributed by atoms with Crippen LogP contribution >= 0.6 is 0 Å². The number of ether oxygens (including phenoxy) is 2. The number of aromatic hydroxyl groups is 1. The number of methoxy groups -OCH3 is 1. The SMILES string of the molecule is CCCc1nn(-c2ccccc2F)c2c1C(c1cc(OC)c(O)c([N+](=O)[O-])c1)C(C#N)=C(N)O2. The number of nitrogens with zero attached hydrogens (tertiary/aromatic N) is 4. The average molecular weight is 465 g/mol. The van der Waals surface area contributed by atoms with Crippen molar-refractivity contribution in [2.45, 2.75) is 25.7 Å². The van der Waals surface area contributed by atoms with Crippen LogP contribution in [0.15, 0.2) is 47.9 Å². The summed E-state index contributed by atoms with van der Waals surface area (Å²) in [6, 6.07) is 10.5. The van der Waals surface area contributed by atoms with Crippen molar-refractivity contribution in [1.29, 1.82) is 5.26 Å². The van der Waals surface area contributed by atoms with Gasteiger partial charge in [0.2, 0.25) is 17.5 Å². The van der Waals surface area contributed by atoms with Gasteiger partial charge in [0.05, 0.1) is 29.2 Å². The molecule has 0 spiro atoms. The second kappa shape index (κ2) is 8.74. The number of nitro groups is 1. The van der Waals surface area contributed by atoms with Crippen molar-refractivity contribution in [1.82, 2.24) is 9.78 Å². The highest BCUT2D eigenvalue weighted by molar-refractivity contribution is 5.63. The van der Waals surface area contributed by atoms with Crippen LogP contribution in [0, 0.1) is 27.3 Å². The van der Waals surface area contributed by atoms with Gasteiger partial charge in [-0.1, -0.05) is 25.5 Å². The number of para-hydroxylation sites is 1. The summed E-state index contributed by atoms with van der Waals surface area (Å²) in [7, 11) is 1.26. The number of rotatable bonds is 6. The molecule has 2 heterocycles. The van der Waals surface area contributed by atoms with Crippen LogP contribution in [0.25, 0.3) is 5.69 Å². The Morgan fingerprint density at radius 3 is 2.76 bits per heavy atom. The molecule has 0 aliphatic carbocycles. The first-order chi connectivity index (χ1) is 16.3. The predicted octanol–water partition coefficient (Wildman–Crippen LogP) is 3.80. The molecule has 0 bridgehead atoms. The van der Waals surface area contributed by atoms with Crippen molar-refractivity contribution in [3.05, 3.63) is 80.6 Å². The highest BCUT2D eigenvalue weighted by Crippen LogP contribution is 2.48. The molecule has 4 rings (SSSR count). The van der Waals surface area contributed by atoms with Crippen molar-refractivity contribution in [2.24, 2.45) is 5.73 Å². The lowest BCUT2D eigenvalue weighted by Gasteiger charge is -2.25. The molecule has 1 aromatic heterocycles. The zero-order valence-electron chi connectivity index (χ0n) is 18.3. The molecule has 34 heavy (non-hydrogen) atoms. The molecule has 0 amide bonds. The van der Waals surface area contributed by atoms with Gasteiger partial charge in [-0.2, -0.15) is 15.0 Å². The van der Waals surface area contributed by atoms with Crippen LogP contribution in [-0.4, -0.2) is 26.9 Å². The zero-order chi connectivity index (χ0) is 24.6. The second-order valence-electron chi connectivity index (χ2n) is 7.55. The lowest BCUT2D eigenvalue weighted by molar-refractivity contribution is -0.386. The maximum atomic E-state index is 14.7. The van der Waals surface area contributed by atoms with Crippen LogP contribution in [0.1, 0.15) is 36.1 Å². The fourth-order valence-corrected chi connectivity index (χ4v) is 4.03. The van der Waals surface area contributed by atoms with Gasteiger partial charge >= 0.3 is 5.69 Å². The van der Waals surface area contributed by atoms with Gasteiger partial charge in [0.1, 0.15) is 23.1 Å². The van der Waals surface area contributed by atoms with E-state index in [4.69, 9.17) is 15.2 Å². The van der Waals surface area contributed by atoms with E-state index in [9.17, 15) is 24.9 Å². The van der Waals surface area contributed by atoms with E-state index >= 15 is 0 Å². The van der Waals surface area contributed by atoms with Crippen molar-refractivity contribution >= 4 is 5.69 Å². The molecule has 0 fully saturated rings. The molecule has 0 radical (unpaired) electrons. The van der Waals surface area contributed by atoms with Crippen molar-refractivity contribution < 1.29 is 23.9 Å². The van der Waals surface area contributed by atoms with Gasteiger partial charge in [-0.3, -0.25) is 10.1 Å². The number of benzene rings is 2. The molecule has 2 aromatic carbocycles. The minimum atomic E-state index is -0.927. The third-order valence-electron chi connectivity index (χ3n) is 5.52. The Kier molecular flexibility index (Phi) is 5.81. The van der Waals surface area contributed by atoms with Gasteiger partial charge in [0.15, 0.2) is 5.75 Å². The lowest BCUT2D eigenvalue weighted by Crippen LogP contribution is -2.22. The molecule has 0 saturated heterocycles. The van der Waals surface area contributed by atoms with Crippen LogP contribution in [0.2, 0.25) is 0 Å². The first-order valence-corrected chi connectivity index (χ1v) is 10.3. The largest absolute Gasteiger partial charge is 0.500 e. The van der Waals surface area contributed by atoms with Gasteiger partial charge in [-0.15, -0.1) is 0 Å². The molecule has 1 aliphatic rings. The van der Waals surface area contributed by atoms with Crippen LogP contribution in [-0.2, 0) is 6.42 Å². The summed E-state index contributed by atoms with van der Waals surface area (Å²) in [5.74, 6) is -2.41. The molecule has 1 atom stereocenters. The van der Waals surface area contributed by atoms with Gasteiger partial charge in [0, 0.05) is 6.07 Å². The molecule has 10 nitrogen and oxygen atoms in total. The second-order valence-corrected chi connectivity index (χ2v) is 7.55. The number of aromatic nitrogens is 2. The summed E-state index contributed by atoms with van der Waals surface area (Å²) >= 11 is 0. The topological polar surface area (TPSA) is 149 Å². The third kappa shape index (κ3) is 3.55. The van der Waals surface area contributed by atoms with E-state index in [1.807, 2.05) is 13.0 Å². The highest BCUT2D eigenvalue weighted by atomic mass is 19.1. The summed E-state index contributed by atoms with van der Waals surface area (Å²) in [5.41, 5.74) is 6.80. The monoisotopic (exact) mass is 465 g/mol. The number of aryl methyl sites for hydroxylation is 1. The summed E-state index contributed by atoms with van der Waals surface area (Å²) in [6.45, 7) is 1.93. The van der Waals surface area contributed by atoms with Gasteiger partial charge in [0.25, 0.3) is 0 Å². The van der Waals surface area contributed by atoms with Crippen molar-refractivity contribution in [3.63, 3.8) is 0 Å². The van der Waals surface area contributed by atoms with E-state index in [-0.39, 0.29) is 34.3 Å². The zero-order valence-corrected chi connectivity index (χ0v) is 18.3. The van der Waals surface area contributed by atoms with E-state index in [0.717, 1.165) is 6.07 Å². The molecular weight excluding hydrogens is 445 g/mol. The molecular formula is C23H20FN5O5. The Morgan fingerprint density at radius 2 is 2.15 bits per heavy atom. The summed E-state index contributed by atoms with van der Waals surface area (Å²) in [4.78, 5) is 10.8. The Bertz CT molecular complexity index is 1370. The van der Waals surface area contributed by atoms with Crippen molar-refractivity contribution in [2.75, 3.05) is 7.11 Å². The molecule has 3 aromatic rings. The normalized spacial score (nSPS) is 14.8. The maximum absolute atomic E-state index is 14.7. The van der Waals surface area contributed by atoms with Gasteiger partial charge in [-0.25, -0.2) is 4.39 Å². The fourth-order valence-electron chi connectivity index (χ4n) is 4.03. The summed E-state index contributed by atoms with van der Waals surface area (Å²) < 4.78 is 26.8. The molecule has 0 saturated carbocycles. The van der Waals surface area contributed by atoms with E-state index in [0.29, 0.717) is 24.1 Å². The van der Waals surface area contributed by atoms with Crippen LogP contribution in [0.3, 0.4) is 0 Å². The van der Waals surface area contributed by atoms with Crippen LogP contribution < -0.4 is 15.2 Å². The summed E-state index contributed by atoms with van der Waals surface area (Å²) in [6.07, 6.45) is 1.13. The highest BCUT2D eigenvalue weighted by Gasteiger charge is 2.38. The van der Waals surface area contributed by atoms with E-state index in [1.165, 1.54) is 36.1 Å². The number of fused-ring (bicyclic) bond motifs is 1. The first-order valence-electron chi connectivity index (χ1n) is 10.3. The number of allylic oxidation sites excluding steroid dienone is 1. The Balaban J connectivity index is 2.05. The average Bonchev–Trinajstić information content (AvgIpc) is 3.16. The Morgan fingerprint density at radius 1 is 1.41 bits per heavy atom. The Labute approximate surface area is 193 Å². The number of nitrogens with two attached hydrogens (primary N) is 1. The van der Waals surface area contributed by atoms with Crippen LogP contribution in [0.5, 0.6) is 17.4 Å². The molecule has 11 heteroatoms. The third-order valence-corrected chi connectivity index (χ3v) is 5.52. The Hall–Kier alpha value is -4.59. The van der Waals surface area contributed by atoms with E-state index < -0.39 is 28.1 Å². The van der Waals surface area contributed by atoms with E-state index in [2.05, 4.69) is 5.10 Å². The van der Waals surface area contributed by atoms with Gasteiger partial charge < -0.3 is 20.3 Å². The fraction of sp³-hybridized carbons (Fsp3) is 0.217. The molecule has 1 aliphatic heterocycles. The standard InChI is InChI=1S/C23H20FN5O5/c1-3-6-15-20-19(12-9-17(29(31)32)21(30)18(10-12)33-2)13(11-25)22(26)34-23(20)28(27-15)16-8-5-4-7-14(16)24/h4-5,7-10,19,30H,3,6,26H2,1-2H3. The number of nitro benzene ring substituents is 1. The van der Waals surface area contributed by atoms with Crippen LogP contribution in [0.4, 0.5) is 10.1 Å². The minimum Gasteiger partial charge on any atom is -0.500 e. The number of nitriles is 1. The van der Waals surface area contributed by atoms with Gasteiger partial charge in [-0.05, 0) is 30.2 Å². The quantitative estimate of drug-likeness (QED) is 0.412. The number of phenols is 1. The molecule has 3 N–H and O–H groups in total. The predicted molar refractivity (Wildman–Crippen MR) is 118 cm³/mol. The smallest absolute Gasteiger partial charge is 0.314 e. The molecule has 1 unspecified atom stereocenters.